The average molecular weight is 275 g/mol. The molecule has 0 spiro atoms. The summed E-state index contributed by atoms with van der Waals surface area (Å²) in [5, 5.41) is 6.47. The zero-order chi connectivity index (χ0) is 13.4. The lowest BCUT2D eigenvalue weighted by Gasteiger charge is -2.09. The quantitative estimate of drug-likeness (QED) is 0.791. The molecule has 1 unspecified atom stereocenters. The number of aromatic nitrogens is 4. The molecule has 3 aromatic rings. The molecule has 0 saturated carbocycles. The van der Waals surface area contributed by atoms with Crippen LogP contribution in [0.4, 0.5) is 0 Å². The topological polar surface area (TPSA) is 61.1 Å². The summed E-state index contributed by atoms with van der Waals surface area (Å²) >= 11 is 1.64. The van der Waals surface area contributed by atoms with Crippen molar-refractivity contribution in [2.45, 2.75) is 25.8 Å². The van der Waals surface area contributed by atoms with E-state index in [1.165, 1.54) is 0 Å². The Labute approximate surface area is 115 Å². The van der Waals surface area contributed by atoms with Crippen molar-refractivity contribution in [2.75, 3.05) is 0 Å². The Morgan fingerprint density at radius 1 is 1.42 bits per heavy atom. The zero-order valence-electron chi connectivity index (χ0n) is 11.1. The van der Waals surface area contributed by atoms with E-state index in [1.54, 1.807) is 11.3 Å². The SMILES string of the molecule is CCc1cc(C(N)Cc2cn3ccsc3n2)n(C)n1. The molecule has 0 aliphatic rings. The molecule has 0 bridgehead atoms. The highest BCUT2D eigenvalue weighted by atomic mass is 32.1. The molecule has 0 aliphatic carbocycles. The fourth-order valence-electron chi connectivity index (χ4n) is 2.27. The summed E-state index contributed by atoms with van der Waals surface area (Å²) in [6, 6.07) is 2.02. The van der Waals surface area contributed by atoms with Crippen molar-refractivity contribution in [1.29, 1.82) is 0 Å². The normalized spacial score (nSPS) is 13.2. The summed E-state index contributed by atoms with van der Waals surface area (Å²) in [5.41, 5.74) is 9.45. The van der Waals surface area contributed by atoms with Crippen LogP contribution in [0, 0.1) is 0 Å². The number of nitrogens with zero attached hydrogens (tertiary/aromatic N) is 4. The van der Waals surface area contributed by atoms with E-state index in [2.05, 4.69) is 23.1 Å². The number of thiazole rings is 1. The van der Waals surface area contributed by atoms with Crippen molar-refractivity contribution in [1.82, 2.24) is 19.2 Å². The van der Waals surface area contributed by atoms with Crippen molar-refractivity contribution in [3.8, 4) is 0 Å². The van der Waals surface area contributed by atoms with Crippen LogP contribution in [-0.2, 0) is 19.9 Å². The van der Waals surface area contributed by atoms with Crippen LogP contribution in [0.3, 0.4) is 0 Å². The van der Waals surface area contributed by atoms with Gasteiger partial charge in [0.25, 0.3) is 0 Å². The highest BCUT2D eigenvalue weighted by molar-refractivity contribution is 7.15. The fourth-order valence-corrected chi connectivity index (χ4v) is 2.99. The number of hydrogen-bond acceptors (Lipinski definition) is 4. The minimum Gasteiger partial charge on any atom is -0.322 e. The number of fused-ring (bicyclic) bond motifs is 1. The van der Waals surface area contributed by atoms with E-state index in [0.29, 0.717) is 0 Å². The summed E-state index contributed by atoms with van der Waals surface area (Å²) < 4.78 is 3.91. The number of hydrogen-bond donors (Lipinski definition) is 1. The molecule has 3 aromatic heterocycles. The molecule has 0 amide bonds. The standard InChI is InChI=1S/C13H17N5S/c1-3-9-7-12(17(2)16-9)11(14)6-10-8-18-4-5-19-13(18)15-10/h4-5,7-8,11H,3,6,14H2,1-2H3. The largest absolute Gasteiger partial charge is 0.322 e. The Kier molecular flexibility index (Phi) is 3.12. The maximum Gasteiger partial charge on any atom is 0.193 e. The molecule has 3 rings (SSSR count). The molecule has 3 heterocycles. The fraction of sp³-hybridized carbons (Fsp3) is 0.385. The molecule has 1 atom stereocenters. The van der Waals surface area contributed by atoms with Crippen LogP contribution < -0.4 is 5.73 Å². The van der Waals surface area contributed by atoms with Gasteiger partial charge in [0.15, 0.2) is 4.96 Å². The van der Waals surface area contributed by atoms with Crippen LogP contribution in [0.25, 0.3) is 4.96 Å². The molecule has 5 nitrogen and oxygen atoms in total. The Morgan fingerprint density at radius 2 is 2.26 bits per heavy atom. The molecule has 0 radical (unpaired) electrons. The van der Waals surface area contributed by atoms with Gasteiger partial charge >= 0.3 is 0 Å². The Morgan fingerprint density at radius 3 is 2.95 bits per heavy atom. The third-order valence-electron chi connectivity index (χ3n) is 3.28. The summed E-state index contributed by atoms with van der Waals surface area (Å²) in [7, 11) is 1.94. The van der Waals surface area contributed by atoms with Crippen LogP contribution in [0.15, 0.2) is 23.8 Å². The Hall–Kier alpha value is -1.66. The van der Waals surface area contributed by atoms with Gasteiger partial charge < -0.3 is 5.73 Å². The lowest BCUT2D eigenvalue weighted by Crippen LogP contribution is -2.17. The number of aryl methyl sites for hydroxylation is 2. The van der Waals surface area contributed by atoms with Gasteiger partial charge in [-0.2, -0.15) is 5.10 Å². The van der Waals surface area contributed by atoms with E-state index < -0.39 is 0 Å². The first-order valence-electron chi connectivity index (χ1n) is 6.37. The van der Waals surface area contributed by atoms with E-state index in [-0.39, 0.29) is 6.04 Å². The van der Waals surface area contributed by atoms with Crippen molar-refractivity contribution < 1.29 is 0 Å². The van der Waals surface area contributed by atoms with Crippen molar-refractivity contribution in [3.05, 3.63) is 40.9 Å². The maximum atomic E-state index is 6.28. The summed E-state index contributed by atoms with van der Waals surface area (Å²) in [6.07, 6.45) is 5.72. The van der Waals surface area contributed by atoms with Gasteiger partial charge in [0.05, 0.1) is 23.1 Å². The molecule has 19 heavy (non-hydrogen) atoms. The van der Waals surface area contributed by atoms with Gasteiger partial charge in [0.1, 0.15) is 0 Å². The van der Waals surface area contributed by atoms with Crippen LogP contribution in [0.5, 0.6) is 0 Å². The van der Waals surface area contributed by atoms with Crippen molar-refractivity contribution >= 4 is 16.3 Å². The summed E-state index contributed by atoms with van der Waals surface area (Å²) in [5.74, 6) is 0. The highest BCUT2D eigenvalue weighted by Gasteiger charge is 2.15. The first-order valence-corrected chi connectivity index (χ1v) is 7.24. The van der Waals surface area contributed by atoms with Crippen LogP contribution in [0.1, 0.15) is 30.0 Å². The van der Waals surface area contributed by atoms with E-state index in [9.17, 15) is 0 Å². The van der Waals surface area contributed by atoms with Crippen molar-refractivity contribution in [2.24, 2.45) is 12.8 Å². The van der Waals surface area contributed by atoms with E-state index in [0.717, 1.165) is 34.9 Å². The van der Waals surface area contributed by atoms with E-state index in [1.807, 2.05) is 33.9 Å². The number of nitrogens with two attached hydrogens (primary N) is 1. The molecule has 0 saturated heterocycles. The van der Waals surface area contributed by atoms with E-state index >= 15 is 0 Å². The second-order valence-corrected chi connectivity index (χ2v) is 5.55. The third-order valence-corrected chi connectivity index (χ3v) is 4.05. The lowest BCUT2D eigenvalue weighted by atomic mass is 10.1. The van der Waals surface area contributed by atoms with Crippen LogP contribution >= 0.6 is 11.3 Å². The monoisotopic (exact) mass is 275 g/mol. The highest BCUT2D eigenvalue weighted by Crippen LogP contribution is 2.18. The maximum absolute atomic E-state index is 6.28. The first-order chi connectivity index (χ1) is 9.17. The molecular formula is C13H17N5S. The predicted molar refractivity (Wildman–Crippen MR) is 76.3 cm³/mol. The molecule has 0 aromatic carbocycles. The second-order valence-electron chi connectivity index (χ2n) is 4.67. The van der Waals surface area contributed by atoms with Crippen LogP contribution in [-0.4, -0.2) is 19.2 Å². The van der Waals surface area contributed by atoms with Crippen LogP contribution in [0.2, 0.25) is 0 Å². The Bertz CT molecular complexity index is 664. The second kappa shape index (κ2) is 4.79. The smallest absolute Gasteiger partial charge is 0.193 e. The first kappa shape index (κ1) is 12.4. The van der Waals surface area contributed by atoms with Gasteiger partial charge in [-0.3, -0.25) is 9.08 Å². The predicted octanol–water partition coefficient (Wildman–Crippen LogP) is 1.93. The zero-order valence-corrected chi connectivity index (χ0v) is 11.9. The van der Waals surface area contributed by atoms with Gasteiger partial charge in [-0.25, -0.2) is 4.98 Å². The summed E-state index contributed by atoms with van der Waals surface area (Å²) in [6.45, 7) is 2.10. The third kappa shape index (κ3) is 2.29. The van der Waals surface area contributed by atoms with Gasteiger partial charge in [0, 0.05) is 31.2 Å². The van der Waals surface area contributed by atoms with Gasteiger partial charge in [-0.15, -0.1) is 11.3 Å². The van der Waals surface area contributed by atoms with Crippen molar-refractivity contribution in [3.63, 3.8) is 0 Å². The minimum absolute atomic E-state index is 0.0672. The molecular weight excluding hydrogens is 258 g/mol. The molecule has 100 valence electrons. The summed E-state index contributed by atoms with van der Waals surface area (Å²) in [4.78, 5) is 5.58. The van der Waals surface area contributed by atoms with E-state index in [4.69, 9.17) is 5.73 Å². The molecule has 0 aliphatic heterocycles. The van der Waals surface area contributed by atoms with Gasteiger partial charge in [-0.05, 0) is 12.5 Å². The average Bonchev–Trinajstić information content (AvgIpc) is 3.02. The van der Waals surface area contributed by atoms with Gasteiger partial charge in [-0.1, -0.05) is 6.92 Å². The molecule has 0 fully saturated rings. The Balaban J connectivity index is 1.81. The minimum atomic E-state index is -0.0672. The number of rotatable bonds is 4. The molecule has 6 heteroatoms. The lowest BCUT2D eigenvalue weighted by molar-refractivity contribution is 0.609. The molecule has 2 N–H and O–H groups in total. The number of imidazole rings is 1. The van der Waals surface area contributed by atoms with Gasteiger partial charge in [0.2, 0.25) is 0 Å².